The smallest absolute Gasteiger partial charge is 0.286 e. The zero-order chi connectivity index (χ0) is 35.1. The molecule has 0 aliphatic carbocycles. The number of benzene rings is 2. The van der Waals surface area contributed by atoms with Crippen LogP contribution in [0.4, 0.5) is 21.2 Å². The summed E-state index contributed by atoms with van der Waals surface area (Å²) < 4.78 is 10.5. The number of carbonyl (C=O) groups is 4. The SMILES string of the molecule is CN(CCOc1ccc(CC2(C(c3ccc(OCCN(C)c4ccccn4)cc3)C3SC(=O)NC3=O)SC(=O)NC2=O)cc1)c1ccccn1. The average Bonchev–Trinajstić information content (AvgIpc) is 3.61. The Morgan fingerprint density at radius 2 is 1.30 bits per heavy atom. The Hall–Kier alpha value is -5.08. The molecule has 50 heavy (non-hydrogen) atoms. The molecule has 2 aromatic carbocycles. The number of thioether (sulfide) groups is 2. The summed E-state index contributed by atoms with van der Waals surface area (Å²) in [4.78, 5) is 64.9. The molecule has 0 saturated carbocycles. The highest BCUT2D eigenvalue weighted by Gasteiger charge is 2.59. The Labute approximate surface area is 298 Å². The van der Waals surface area contributed by atoms with Crippen LogP contribution in [0, 0.1) is 0 Å². The van der Waals surface area contributed by atoms with Gasteiger partial charge in [-0.05, 0) is 77.8 Å². The van der Waals surface area contributed by atoms with Gasteiger partial charge in [-0.25, -0.2) is 9.97 Å². The van der Waals surface area contributed by atoms with Gasteiger partial charge in [0.25, 0.3) is 10.5 Å². The molecular formula is C36H36N6O6S2. The summed E-state index contributed by atoms with van der Waals surface area (Å²) in [6.07, 6.45) is 3.60. The molecule has 2 aromatic heterocycles. The lowest BCUT2D eigenvalue weighted by Crippen LogP contribution is -2.49. The molecule has 2 fully saturated rings. The van der Waals surface area contributed by atoms with Crippen LogP contribution in [0.15, 0.2) is 97.3 Å². The number of aromatic nitrogens is 2. The van der Waals surface area contributed by atoms with Gasteiger partial charge in [0.05, 0.1) is 13.1 Å². The predicted octanol–water partition coefficient (Wildman–Crippen LogP) is 4.91. The Bertz CT molecular complexity index is 1820. The second-order valence-corrected chi connectivity index (χ2v) is 14.2. The summed E-state index contributed by atoms with van der Waals surface area (Å²) in [5, 5.41) is 2.85. The van der Waals surface area contributed by atoms with Crippen LogP contribution in [-0.4, -0.2) is 82.7 Å². The van der Waals surface area contributed by atoms with Crippen molar-refractivity contribution in [1.29, 1.82) is 0 Å². The maximum Gasteiger partial charge on any atom is 0.286 e. The maximum absolute atomic E-state index is 13.8. The lowest BCUT2D eigenvalue weighted by atomic mass is 9.78. The predicted molar refractivity (Wildman–Crippen MR) is 194 cm³/mol. The van der Waals surface area contributed by atoms with Gasteiger partial charge < -0.3 is 19.3 Å². The molecule has 3 atom stereocenters. The second kappa shape index (κ2) is 15.6. The van der Waals surface area contributed by atoms with Gasteiger partial charge in [-0.1, -0.05) is 48.2 Å². The minimum atomic E-state index is -1.42. The minimum Gasteiger partial charge on any atom is -0.492 e. The number of hydrogen-bond acceptors (Lipinski definition) is 12. The lowest BCUT2D eigenvalue weighted by Gasteiger charge is -2.36. The van der Waals surface area contributed by atoms with Gasteiger partial charge in [0.15, 0.2) is 0 Å². The van der Waals surface area contributed by atoms with E-state index >= 15 is 0 Å². The highest BCUT2D eigenvalue weighted by atomic mass is 32.2. The summed E-state index contributed by atoms with van der Waals surface area (Å²) in [7, 11) is 3.87. The number of ether oxygens (including phenoxy) is 2. The molecule has 3 unspecified atom stereocenters. The van der Waals surface area contributed by atoms with E-state index in [1.165, 1.54) is 0 Å². The number of nitrogens with one attached hydrogen (secondary N) is 2. The molecule has 4 aromatic rings. The fraction of sp³-hybridized carbons (Fsp3) is 0.278. The zero-order valence-corrected chi connectivity index (χ0v) is 29.1. The number of imide groups is 2. The van der Waals surface area contributed by atoms with Crippen LogP contribution in [-0.2, 0) is 16.0 Å². The van der Waals surface area contributed by atoms with Crippen molar-refractivity contribution in [3.05, 3.63) is 108 Å². The van der Waals surface area contributed by atoms with Crippen LogP contribution in [0.25, 0.3) is 0 Å². The number of pyridine rings is 2. The van der Waals surface area contributed by atoms with E-state index in [0.29, 0.717) is 43.4 Å². The third-order valence-electron chi connectivity index (χ3n) is 8.50. The first-order valence-corrected chi connectivity index (χ1v) is 17.7. The molecule has 258 valence electrons. The van der Waals surface area contributed by atoms with Crippen LogP contribution in [0.5, 0.6) is 11.5 Å². The molecule has 0 bridgehead atoms. The molecule has 2 aliphatic rings. The second-order valence-electron chi connectivity index (χ2n) is 11.8. The Morgan fingerprint density at radius 3 is 1.76 bits per heavy atom. The quantitative estimate of drug-likeness (QED) is 0.173. The normalized spacial score (nSPS) is 19.1. The van der Waals surface area contributed by atoms with Gasteiger partial charge in [-0.3, -0.25) is 29.8 Å². The molecule has 2 saturated heterocycles. The third kappa shape index (κ3) is 8.03. The first-order chi connectivity index (χ1) is 24.2. The molecule has 0 spiro atoms. The first kappa shape index (κ1) is 34.8. The van der Waals surface area contributed by atoms with Crippen molar-refractivity contribution in [2.24, 2.45) is 0 Å². The first-order valence-electron chi connectivity index (χ1n) is 16.0. The van der Waals surface area contributed by atoms with Crippen molar-refractivity contribution in [3.8, 4) is 11.5 Å². The number of anilines is 2. The van der Waals surface area contributed by atoms with E-state index in [1.54, 1.807) is 36.7 Å². The topological polar surface area (TPSA) is 143 Å². The van der Waals surface area contributed by atoms with Crippen molar-refractivity contribution in [1.82, 2.24) is 20.6 Å². The summed E-state index contributed by atoms with van der Waals surface area (Å²) in [6.45, 7) is 2.03. The number of carbonyl (C=O) groups excluding carboxylic acids is 4. The number of hydrogen-bond donors (Lipinski definition) is 2. The third-order valence-corrected chi connectivity index (χ3v) is 10.8. The number of likely N-dealkylation sites (N-methyl/N-ethyl adjacent to an activating group) is 2. The van der Waals surface area contributed by atoms with Crippen molar-refractivity contribution in [2.75, 3.05) is 50.2 Å². The summed E-state index contributed by atoms with van der Waals surface area (Å²) in [5.41, 5.74) is 1.39. The maximum atomic E-state index is 13.8. The van der Waals surface area contributed by atoms with Crippen LogP contribution in [0.2, 0.25) is 0 Å². The van der Waals surface area contributed by atoms with Gasteiger partial charge in [0, 0.05) is 32.4 Å². The van der Waals surface area contributed by atoms with E-state index < -0.39 is 38.2 Å². The molecule has 2 N–H and O–H groups in total. The molecule has 12 nitrogen and oxygen atoms in total. The standard InChI is InChI=1S/C36H36N6O6S2/c1-41(28-7-3-5-17-37-28)19-21-47-26-13-9-24(10-14-26)23-36(33(44)40-35(46)50-36)30(31-32(43)39-34(45)49-31)25-11-15-27(16-12-25)48-22-20-42(2)29-8-4-6-18-38-29/h3-18,30-31H,19-23H2,1-2H3,(H,39,43,45)(H,40,44,46). The molecule has 2 aliphatic heterocycles. The summed E-state index contributed by atoms with van der Waals surface area (Å²) in [6, 6.07) is 25.9. The van der Waals surface area contributed by atoms with Crippen molar-refractivity contribution >= 4 is 57.5 Å². The van der Waals surface area contributed by atoms with E-state index in [-0.39, 0.29) is 6.42 Å². The van der Waals surface area contributed by atoms with E-state index in [1.807, 2.05) is 84.6 Å². The van der Waals surface area contributed by atoms with Crippen molar-refractivity contribution < 1.29 is 28.7 Å². The summed E-state index contributed by atoms with van der Waals surface area (Å²) >= 11 is 1.69. The van der Waals surface area contributed by atoms with Gasteiger partial charge >= 0.3 is 0 Å². The fourth-order valence-electron chi connectivity index (χ4n) is 5.91. The molecule has 0 radical (unpaired) electrons. The monoisotopic (exact) mass is 712 g/mol. The van der Waals surface area contributed by atoms with E-state index in [4.69, 9.17) is 9.47 Å². The molecular weight excluding hydrogens is 677 g/mol. The summed E-state index contributed by atoms with van der Waals surface area (Å²) in [5.74, 6) is 1.06. The lowest BCUT2D eigenvalue weighted by molar-refractivity contribution is -0.123. The Morgan fingerprint density at radius 1 is 0.740 bits per heavy atom. The number of rotatable bonds is 15. The van der Waals surface area contributed by atoms with Gasteiger partial charge in [0.2, 0.25) is 11.8 Å². The van der Waals surface area contributed by atoms with Crippen LogP contribution >= 0.6 is 23.5 Å². The molecule has 4 amide bonds. The Balaban J connectivity index is 1.19. The van der Waals surface area contributed by atoms with Crippen molar-refractivity contribution in [3.63, 3.8) is 0 Å². The van der Waals surface area contributed by atoms with Gasteiger partial charge in [-0.2, -0.15) is 0 Å². The largest absolute Gasteiger partial charge is 0.492 e. The van der Waals surface area contributed by atoms with Crippen LogP contribution < -0.4 is 29.9 Å². The molecule has 6 rings (SSSR count). The van der Waals surface area contributed by atoms with E-state index in [0.717, 1.165) is 40.7 Å². The fourth-order valence-corrected chi connectivity index (χ4v) is 8.34. The van der Waals surface area contributed by atoms with Crippen molar-refractivity contribution in [2.45, 2.75) is 22.3 Å². The number of amides is 4. The van der Waals surface area contributed by atoms with Gasteiger partial charge in [-0.15, -0.1) is 0 Å². The van der Waals surface area contributed by atoms with E-state index in [2.05, 4.69) is 20.6 Å². The van der Waals surface area contributed by atoms with Gasteiger partial charge in [0.1, 0.15) is 46.3 Å². The number of nitrogens with zero attached hydrogens (tertiary/aromatic N) is 4. The molecule has 14 heteroatoms. The van der Waals surface area contributed by atoms with Crippen LogP contribution in [0.1, 0.15) is 17.0 Å². The Kier molecular flexibility index (Phi) is 10.9. The van der Waals surface area contributed by atoms with Crippen LogP contribution in [0.3, 0.4) is 0 Å². The molecule has 4 heterocycles. The highest BCUT2D eigenvalue weighted by Crippen LogP contribution is 2.51. The van der Waals surface area contributed by atoms with E-state index in [9.17, 15) is 19.2 Å². The average molecular weight is 713 g/mol. The highest BCUT2D eigenvalue weighted by molar-refractivity contribution is 8.16. The minimum absolute atomic E-state index is 0.124. The zero-order valence-electron chi connectivity index (χ0n) is 27.5.